The minimum atomic E-state index is -0.263. The number of aliphatic hydroxyl groups is 1. The Labute approximate surface area is 86.6 Å². The molecule has 0 radical (unpaired) electrons. The first kappa shape index (κ1) is 8.82. The smallest absolute Gasteiger partial charge is 0.124 e. The van der Waals surface area contributed by atoms with E-state index in [4.69, 9.17) is 0 Å². The van der Waals surface area contributed by atoms with E-state index in [9.17, 15) is 5.11 Å². The van der Waals surface area contributed by atoms with E-state index in [-0.39, 0.29) is 12.1 Å². The number of H-pyrrole nitrogens is 1. The second kappa shape index (κ2) is 3.29. The van der Waals surface area contributed by atoms with E-state index in [1.165, 1.54) is 0 Å². The van der Waals surface area contributed by atoms with Gasteiger partial charge in [0.15, 0.2) is 0 Å². The Hall–Kier alpha value is -1.46. The molecular formula is C10H12N4O. The number of pyridine rings is 1. The predicted octanol–water partition coefficient (Wildman–Crippen LogP) is 0.353. The van der Waals surface area contributed by atoms with Gasteiger partial charge in [-0.1, -0.05) is 0 Å². The zero-order valence-electron chi connectivity index (χ0n) is 8.14. The van der Waals surface area contributed by atoms with Crippen molar-refractivity contribution in [3.63, 3.8) is 0 Å². The van der Waals surface area contributed by atoms with Crippen LogP contribution in [0.5, 0.6) is 0 Å². The lowest BCUT2D eigenvalue weighted by atomic mass is 10.2. The van der Waals surface area contributed by atoms with Gasteiger partial charge >= 0.3 is 0 Å². The average molecular weight is 204 g/mol. The van der Waals surface area contributed by atoms with Crippen molar-refractivity contribution in [2.75, 3.05) is 6.54 Å². The molecule has 3 N–H and O–H groups in total. The Morgan fingerprint density at radius 3 is 3.13 bits per heavy atom. The minimum Gasteiger partial charge on any atom is -0.392 e. The van der Waals surface area contributed by atoms with Gasteiger partial charge in [-0.05, 0) is 12.5 Å². The van der Waals surface area contributed by atoms with Gasteiger partial charge in [-0.25, -0.2) is 4.98 Å². The van der Waals surface area contributed by atoms with Crippen LogP contribution in [0.25, 0.3) is 11.0 Å². The number of hydrogen-bond donors (Lipinski definition) is 3. The van der Waals surface area contributed by atoms with Gasteiger partial charge in [0.1, 0.15) is 5.82 Å². The Kier molecular flexibility index (Phi) is 1.93. The maximum atomic E-state index is 9.42. The van der Waals surface area contributed by atoms with Crippen LogP contribution >= 0.6 is 0 Å². The summed E-state index contributed by atoms with van der Waals surface area (Å²) in [5, 5.41) is 12.6. The molecule has 5 heteroatoms. The van der Waals surface area contributed by atoms with Crippen LogP contribution in [-0.2, 0) is 0 Å². The topological polar surface area (TPSA) is 73.8 Å². The van der Waals surface area contributed by atoms with Crippen molar-refractivity contribution in [3.05, 3.63) is 24.3 Å². The van der Waals surface area contributed by atoms with Crippen molar-refractivity contribution in [1.29, 1.82) is 0 Å². The molecule has 1 aliphatic heterocycles. The number of aromatic amines is 1. The number of aromatic nitrogens is 3. The van der Waals surface area contributed by atoms with Gasteiger partial charge in [0.25, 0.3) is 0 Å². The minimum absolute atomic E-state index is 0.132. The molecule has 0 spiro atoms. The molecule has 2 aromatic heterocycles. The third kappa shape index (κ3) is 1.49. The Morgan fingerprint density at radius 1 is 1.47 bits per heavy atom. The van der Waals surface area contributed by atoms with E-state index in [1.807, 2.05) is 6.07 Å². The molecular weight excluding hydrogens is 192 g/mol. The SMILES string of the molecule is O[C@H]1CN[C@H](c2nc3ccncc3[nH]2)C1. The molecule has 15 heavy (non-hydrogen) atoms. The van der Waals surface area contributed by atoms with E-state index < -0.39 is 0 Å². The van der Waals surface area contributed by atoms with Gasteiger partial charge in [0, 0.05) is 12.7 Å². The summed E-state index contributed by atoms with van der Waals surface area (Å²) in [5.74, 6) is 0.884. The van der Waals surface area contributed by atoms with Crippen molar-refractivity contribution in [2.45, 2.75) is 18.6 Å². The molecule has 0 bridgehead atoms. The van der Waals surface area contributed by atoms with Crippen molar-refractivity contribution in [2.24, 2.45) is 0 Å². The van der Waals surface area contributed by atoms with Crippen LogP contribution in [0.1, 0.15) is 18.3 Å². The molecule has 0 amide bonds. The van der Waals surface area contributed by atoms with Gasteiger partial charge < -0.3 is 15.4 Å². The number of nitrogens with one attached hydrogen (secondary N) is 2. The number of aliphatic hydroxyl groups excluding tert-OH is 1. The van der Waals surface area contributed by atoms with E-state index in [0.29, 0.717) is 13.0 Å². The molecule has 78 valence electrons. The number of imidazole rings is 1. The molecule has 5 nitrogen and oxygen atoms in total. The molecule has 0 aliphatic carbocycles. The molecule has 2 atom stereocenters. The molecule has 3 rings (SSSR count). The highest BCUT2D eigenvalue weighted by Crippen LogP contribution is 2.22. The molecule has 1 aliphatic rings. The maximum Gasteiger partial charge on any atom is 0.124 e. The first-order valence-electron chi connectivity index (χ1n) is 5.04. The van der Waals surface area contributed by atoms with E-state index in [0.717, 1.165) is 16.9 Å². The molecule has 3 heterocycles. The average Bonchev–Trinajstić information content (AvgIpc) is 2.82. The summed E-state index contributed by atoms with van der Waals surface area (Å²) >= 11 is 0. The highest BCUT2D eigenvalue weighted by molar-refractivity contribution is 5.73. The summed E-state index contributed by atoms with van der Waals surface area (Å²) in [6.07, 6.45) is 3.94. The quantitative estimate of drug-likeness (QED) is 0.626. The lowest BCUT2D eigenvalue weighted by Gasteiger charge is -2.04. The standard InChI is InChI=1S/C10H12N4O/c15-6-3-8(12-4-6)10-13-7-1-2-11-5-9(7)14-10/h1-2,5-6,8,12,15H,3-4H2,(H,13,14)/t6-,8+/m1/s1. The Balaban J connectivity index is 1.98. The number of rotatable bonds is 1. The van der Waals surface area contributed by atoms with Crippen LogP contribution in [0.4, 0.5) is 0 Å². The normalized spacial score (nSPS) is 26.2. The Morgan fingerprint density at radius 2 is 2.40 bits per heavy atom. The van der Waals surface area contributed by atoms with Gasteiger partial charge in [-0.15, -0.1) is 0 Å². The first-order chi connectivity index (χ1) is 7.33. The Bertz CT molecular complexity index is 448. The van der Waals surface area contributed by atoms with Gasteiger partial charge in [0.05, 0.1) is 29.4 Å². The number of nitrogens with zero attached hydrogens (tertiary/aromatic N) is 2. The third-order valence-electron chi connectivity index (χ3n) is 2.74. The second-order valence-corrected chi connectivity index (χ2v) is 3.87. The van der Waals surface area contributed by atoms with Crippen LogP contribution < -0.4 is 5.32 Å². The maximum absolute atomic E-state index is 9.42. The van der Waals surface area contributed by atoms with Crippen molar-refractivity contribution < 1.29 is 5.11 Å². The van der Waals surface area contributed by atoms with Gasteiger partial charge in [-0.2, -0.15) is 0 Å². The molecule has 0 aromatic carbocycles. The van der Waals surface area contributed by atoms with Gasteiger partial charge in [-0.3, -0.25) is 4.98 Å². The van der Waals surface area contributed by atoms with E-state index in [1.54, 1.807) is 12.4 Å². The fraction of sp³-hybridized carbons (Fsp3) is 0.400. The van der Waals surface area contributed by atoms with Crippen LogP contribution in [-0.4, -0.2) is 32.7 Å². The molecule has 0 unspecified atom stereocenters. The van der Waals surface area contributed by atoms with Crippen LogP contribution in [0.2, 0.25) is 0 Å². The molecule has 0 saturated carbocycles. The lowest BCUT2D eigenvalue weighted by Crippen LogP contribution is -2.15. The number of fused-ring (bicyclic) bond motifs is 1. The number of hydrogen-bond acceptors (Lipinski definition) is 4. The summed E-state index contributed by atoms with van der Waals surface area (Å²) in [7, 11) is 0. The van der Waals surface area contributed by atoms with Gasteiger partial charge in [0.2, 0.25) is 0 Å². The fourth-order valence-electron chi connectivity index (χ4n) is 1.97. The predicted molar refractivity (Wildman–Crippen MR) is 55.3 cm³/mol. The largest absolute Gasteiger partial charge is 0.392 e. The fourth-order valence-corrected chi connectivity index (χ4v) is 1.97. The highest BCUT2D eigenvalue weighted by atomic mass is 16.3. The van der Waals surface area contributed by atoms with E-state index in [2.05, 4.69) is 20.3 Å². The monoisotopic (exact) mass is 204 g/mol. The molecule has 1 fully saturated rings. The van der Waals surface area contributed by atoms with Crippen LogP contribution in [0, 0.1) is 0 Å². The van der Waals surface area contributed by atoms with Crippen LogP contribution in [0.3, 0.4) is 0 Å². The third-order valence-corrected chi connectivity index (χ3v) is 2.74. The summed E-state index contributed by atoms with van der Waals surface area (Å²) in [6, 6.07) is 2.01. The van der Waals surface area contributed by atoms with Crippen molar-refractivity contribution in [3.8, 4) is 0 Å². The molecule has 2 aromatic rings. The second-order valence-electron chi connectivity index (χ2n) is 3.87. The summed E-state index contributed by atoms with van der Waals surface area (Å²) in [5.41, 5.74) is 1.86. The lowest BCUT2D eigenvalue weighted by molar-refractivity contribution is 0.193. The molecule has 1 saturated heterocycles. The van der Waals surface area contributed by atoms with Crippen molar-refractivity contribution in [1.82, 2.24) is 20.3 Å². The first-order valence-corrected chi connectivity index (χ1v) is 5.04. The summed E-state index contributed by atoms with van der Waals surface area (Å²) in [4.78, 5) is 11.7. The number of β-amino-alcohol motifs (C(OH)–C–C–N with tert-alkyl or cyclic N) is 1. The zero-order valence-corrected chi connectivity index (χ0v) is 8.14. The zero-order chi connectivity index (χ0) is 10.3. The van der Waals surface area contributed by atoms with Crippen LogP contribution in [0.15, 0.2) is 18.5 Å². The van der Waals surface area contributed by atoms with E-state index >= 15 is 0 Å². The summed E-state index contributed by atoms with van der Waals surface area (Å²) < 4.78 is 0. The summed E-state index contributed by atoms with van der Waals surface area (Å²) in [6.45, 7) is 0.639. The highest BCUT2D eigenvalue weighted by Gasteiger charge is 2.25. The van der Waals surface area contributed by atoms with Crippen molar-refractivity contribution >= 4 is 11.0 Å².